The van der Waals surface area contributed by atoms with Crippen molar-refractivity contribution in [1.29, 1.82) is 0 Å². The van der Waals surface area contributed by atoms with Gasteiger partial charge in [0.05, 0.1) is 0 Å². The van der Waals surface area contributed by atoms with Gasteiger partial charge in [-0.3, -0.25) is 0 Å². The fourth-order valence-electron chi connectivity index (χ4n) is 1.71. The Hall–Kier alpha value is -1.18. The predicted octanol–water partition coefficient (Wildman–Crippen LogP) is 5.22. The van der Waals surface area contributed by atoms with E-state index in [4.69, 9.17) is 27.9 Å². The van der Waals surface area contributed by atoms with Crippen molar-refractivity contribution in [2.75, 3.05) is 0 Å². The molecule has 1 unspecified atom stereocenters. The second-order valence-corrected chi connectivity index (χ2v) is 5.05. The number of hydrogen-bond acceptors (Lipinski definition) is 1. The quantitative estimate of drug-likeness (QED) is 0.698. The van der Waals surface area contributed by atoms with Crippen LogP contribution in [0.1, 0.15) is 18.9 Å². The molecule has 0 bridgehead atoms. The standard InChI is InChI=1S/C15H14Cl2O/c1-2-15(17,12-8-10-13(16)11-9-12)18-14-6-4-3-5-7-14/h3-11H,2H2,1H3. The van der Waals surface area contributed by atoms with Gasteiger partial charge in [0.25, 0.3) is 0 Å². The second-order valence-electron chi connectivity index (χ2n) is 4.00. The number of alkyl halides is 1. The summed E-state index contributed by atoms with van der Waals surface area (Å²) >= 11 is 12.5. The summed E-state index contributed by atoms with van der Waals surface area (Å²) in [5.41, 5.74) is 0.903. The Kier molecular flexibility index (Phi) is 4.15. The lowest BCUT2D eigenvalue weighted by atomic mass is 10.1. The Morgan fingerprint density at radius 3 is 2.17 bits per heavy atom. The summed E-state index contributed by atoms with van der Waals surface area (Å²) < 4.78 is 5.90. The van der Waals surface area contributed by atoms with Crippen LogP contribution in [-0.2, 0) is 5.06 Å². The Bertz CT molecular complexity index is 496. The van der Waals surface area contributed by atoms with Crippen LogP contribution in [0, 0.1) is 0 Å². The number of halogens is 2. The summed E-state index contributed by atoms with van der Waals surface area (Å²) in [5.74, 6) is 0.754. The van der Waals surface area contributed by atoms with E-state index >= 15 is 0 Å². The van der Waals surface area contributed by atoms with Crippen molar-refractivity contribution in [3.05, 3.63) is 65.2 Å². The molecule has 0 spiro atoms. The fourth-order valence-corrected chi connectivity index (χ4v) is 2.05. The molecule has 1 atom stereocenters. The van der Waals surface area contributed by atoms with Gasteiger partial charge < -0.3 is 4.74 Å². The van der Waals surface area contributed by atoms with Gasteiger partial charge >= 0.3 is 0 Å². The van der Waals surface area contributed by atoms with Crippen molar-refractivity contribution in [3.8, 4) is 5.75 Å². The summed E-state index contributed by atoms with van der Waals surface area (Å²) in [6.07, 6.45) is 0.658. The van der Waals surface area contributed by atoms with Crippen LogP contribution in [0.5, 0.6) is 5.75 Å². The topological polar surface area (TPSA) is 9.23 Å². The molecule has 0 aromatic heterocycles. The number of hydrogen-bond donors (Lipinski definition) is 0. The van der Waals surface area contributed by atoms with Gasteiger partial charge in [-0.15, -0.1) is 0 Å². The molecule has 2 aromatic carbocycles. The van der Waals surface area contributed by atoms with E-state index < -0.39 is 5.06 Å². The normalized spacial score (nSPS) is 13.9. The third kappa shape index (κ3) is 2.98. The minimum absolute atomic E-state index is 0.658. The zero-order chi connectivity index (χ0) is 13.0. The summed E-state index contributed by atoms with van der Waals surface area (Å²) in [4.78, 5) is 0. The van der Waals surface area contributed by atoms with Crippen LogP contribution >= 0.6 is 23.2 Å². The molecule has 0 heterocycles. The highest BCUT2D eigenvalue weighted by molar-refractivity contribution is 6.30. The van der Waals surface area contributed by atoms with Gasteiger partial charge in [0, 0.05) is 17.0 Å². The largest absolute Gasteiger partial charge is 0.468 e. The van der Waals surface area contributed by atoms with Gasteiger partial charge in [0.15, 0.2) is 0 Å². The Balaban J connectivity index is 2.28. The van der Waals surface area contributed by atoms with E-state index in [1.165, 1.54) is 0 Å². The molecule has 0 aliphatic carbocycles. The highest BCUT2D eigenvalue weighted by atomic mass is 35.5. The minimum atomic E-state index is -0.855. The third-order valence-electron chi connectivity index (χ3n) is 2.75. The average Bonchev–Trinajstić information content (AvgIpc) is 2.40. The lowest BCUT2D eigenvalue weighted by Gasteiger charge is -2.27. The molecular weight excluding hydrogens is 267 g/mol. The molecule has 2 aromatic rings. The predicted molar refractivity (Wildman–Crippen MR) is 76.3 cm³/mol. The smallest absolute Gasteiger partial charge is 0.207 e. The Labute approximate surface area is 117 Å². The van der Waals surface area contributed by atoms with Crippen LogP contribution in [0.25, 0.3) is 0 Å². The first kappa shape index (κ1) is 13.3. The first-order valence-electron chi connectivity index (χ1n) is 5.83. The van der Waals surface area contributed by atoms with Crippen LogP contribution < -0.4 is 4.74 Å². The van der Waals surface area contributed by atoms with E-state index in [0.717, 1.165) is 11.3 Å². The van der Waals surface area contributed by atoms with Crippen molar-refractivity contribution in [1.82, 2.24) is 0 Å². The first-order valence-corrected chi connectivity index (χ1v) is 6.58. The van der Waals surface area contributed by atoms with Crippen LogP contribution in [0.4, 0.5) is 0 Å². The van der Waals surface area contributed by atoms with E-state index in [1.807, 2.05) is 61.5 Å². The highest BCUT2D eigenvalue weighted by Gasteiger charge is 2.29. The van der Waals surface area contributed by atoms with Gasteiger partial charge in [0.2, 0.25) is 5.06 Å². The Morgan fingerprint density at radius 2 is 1.61 bits per heavy atom. The van der Waals surface area contributed by atoms with Crippen molar-refractivity contribution < 1.29 is 4.74 Å². The van der Waals surface area contributed by atoms with Gasteiger partial charge in [-0.05, 0) is 24.3 Å². The fraction of sp³-hybridized carbons (Fsp3) is 0.200. The molecule has 0 saturated heterocycles. The molecule has 0 fully saturated rings. The van der Waals surface area contributed by atoms with Gasteiger partial charge in [-0.2, -0.15) is 0 Å². The van der Waals surface area contributed by atoms with Crippen LogP contribution in [0.3, 0.4) is 0 Å². The van der Waals surface area contributed by atoms with Crippen LogP contribution in [-0.4, -0.2) is 0 Å². The highest BCUT2D eigenvalue weighted by Crippen LogP contribution is 2.35. The molecule has 0 radical (unpaired) electrons. The van der Waals surface area contributed by atoms with Crippen molar-refractivity contribution in [2.45, 2.75) is 18.4 Å². The number of para-hydroxylation sites is 1. The van der Waals surface area contributed by atoms with Crippen molar-refractivity contribution in [3.63, 3.8) is 0 Å². The zero-order valence-electron chi connectivity index (χ0n) is 10.1. The molecule has 1 nitrogen and oxygen atoms in total. The van der Waals surface area contributed by atoms with Gasteiger partial charge in [-0.1, -0.05) is 60.5 Å². The van der Waals surface area contributed by atoms with Gasteiger partial charge in [0.1, 0.15) is 5.75 Å². The van der Waals surface area contributed by atoms with E-state index in [1.54, 1.807) is 0 Å². The van der Waals surface area contributed by atoms with Crippen LogP contribution in [0.15, 0.2) is 54.6 Å². The summed E-state index contributed by atoms with van der Waals surface area (Å²) in [6, 6.07) is 17.0. The maximum Gasteiger partial charge on any atom is 0.207 e. The molecule has 2 rings (SSSR count). The monoisotopic (exact) mass is 280 g/mol. The number of ether oxygens (including phenoxy) is 1. The van der Waals surface area contributed by atoms with E-state index in [2.05, 4.69) is 0 Å². The first-order chi connectivity index (χ1) is 8.64. The SMILES string of the molecule is CCC(Cl)(Oc1ccccc1)c1ccc(Cl)cc1. The van der Waals surface area contributed by atoms with Crippen molar-refractivity contribution in [2.24, 2.45) is 0 Å². The molecule has 18 heavy (non-hydrogen) atoms. The molecule has 94 valence electrons. The van der Waals surface area contributed by atoms with E-state index in [0.29, 0.717) is 11.4 Å². The molecule has 0 saturated carbocycles. The Morgan fingerprint density at radius 1 is 1.00 bits per heavy atom. The number of benzene rings is 2. The lowest BCUT2D eigenvalue weighted by Crippen LogP contribution is -2.25. The summed E-state index contributed by atoms with van der Waals surface area (Å²) in [5, 5.41) is -0.167. The molecule has 0 N–H and O–H groups in total. The molecule has 0 aliphatic rings. The van der Waals surface area contributed by atoms with E-state index in [-0.39, 0.29) is 0 Å². The average molecular weight is 281 g/mol. The maximum absolute atomic E-state index is 6.57. The lowest BCUT2D eigenvalue weighted by molar-refractivity contribution is 0.153. The third-order valence-corrected chi connectivity index (χ3v) is 3.57. The number of rotatable bonds is 4. The molecular formula is C15H14Cl2O. The van der Waals surface area contributed by atoms with Crippen molar-refractivity contribution >= 4 is 23.2 Å². The van der Waals surface area contributed by atoms with E-state index in [9.17, 15) is 0 Å². The zero-order valence-corrected chi connectivity index (χ0v) is 11.6. The minimum Gasteiger partial charge on any atom is -0.468 e. The van der Waals surface area contributed by atoms with Crippen LogP contribution in [0.2, 0.25) is 5.02 Å². The molecule has 3 heteroatoms. The maximum atomic E-state index is 6.57. The summed E-state index contributed by atoms with van der Waals surface area (Å²) in [6.45, 7) is 1.99. The summed E-state index contributed by atoms with van der Waals surface area (Å²) in [7, 11) is 0. The molecule has 0 aliphatic heterocycles. The molecule has 0 amide bonds. The second kappa shape index (κ2) is 5.64. The van der Waals surface area contributed by atoms with Gasteiger partial charge in [-0.25, -0.2) is 0 Å².